The van der Waals surface area contributed by atoms with Gasteiger partial charge in [-0.1, -0.05) is 0 Å². The van der Waals surface area contributed by atoms with Crippen LogP contribution in [0.5, 0.6) is 5.75 Å². The number of ether oxygens (including phenoxy) is 1. The molecule has 1 heterocycles. The molecule has 0 unspecified atom stereocenters. The number of allylic oxidation sites excluding steroid dienone is 1. The molecule has 0 aliphatic rings. The molecule has 0 fully saturated rings. The Balaban J connectivity index is 2.20. The molecule has 1 aromatic carbocycles. The van der Waals surface area contributed by atoms with E-state index in [-0.39, 0.29) is 11.3 Å². The van der Waals surface area contributed by atoms with Crippen LogP contribution in [0, 0.1) is 22.7 Å². The molecule has 0 atom stereocenters. The molecule has 2 rings (SSSR count). The third kappa shape index (κ3) is 3.90. The second kappa shape index (κ2) is 6.06. The van der Waals surface area contributed by atoms with Crippen molar-refractivity contribution in [2.45, 2.75) is 6.36 Å². The number of hydrogen-bond acceptors (Lipinski definition) is 3. The highest BCUT2D eigenvalue weighted by atomic mass is 19.4. The summed E-state index contributed by atoms with van der Waals surface area (Å²) in [6, 6.07) is 10.5. The lowest BCUT2D eigenvalue weighted by Gasteiger charge is -2.09. The van der Waals surface area contributed by atoms with Crippen molar-refractivity contribution in [3.05, 3.63) is 53.9 Å². The van der Waals surface area contributed by atoms with Crippen LogP contribution in [0.25, 0.3) is 11.8 Å². The van der Waals surface area contributed by atoms with Gasteiger partial charge in [-0.3, -0.25) is 0 Å². The molecule has 0 bridgehead atoms. The first-order chi connectivity index (χ1) is 10.4. The summed E-state index contributed by atoms with van der Waals surface area (Å²) in [5.74, 6) is -0.306. The number of rotatable bonds is 3. The standard InChI is InChI=1S/C15H8F3N3O/c16-15(17,18)22-14-3-1-13(2-4-14)21-6-5-11(10-21)7-12(8-19)9-20/h1-7,10H. The van der Waals surface area contributed by atoms with Gasteiger partial charge in [0.05, 0.1) is 0 Å². The van der Waals surface area contributed by atoms with Crippen molar-refractivity contribution in [2.75, 3.05) is 0 Å². The van der Waals surface area contributed by atoms with E-state index in [2.05, 4.69) is 4.74 Å². The van der Waals surface area contributed by atoms with Crippen LogP contribution in [-0.2, 0) is 0 Å². The van der Waals surface area contributed by atoms with Gasteiger partial charge >= 0.3 is 6.36 Å². The van der Waals surface area contributed by atoms with Crippen LogP contribution in [0.1, 0.15) is 5.56 Å². The van der Waals surface area contributed by atoms with Gasteiger partial charge < -0.3 is 9.30 Å². The van der Waals surface area contributed by atoms with Crippen LogP contribution < -0.4 is 4.74 Å². The second-order valence-electron chi connectivity index (χ2n) is 4.18. The van der Waals surface area contributed by atoms with E-state index in [1.165, 1.54) is 30.3 Å². The van der Waals surface area contributed by atoms with E-state index < -0.39 is 6.36 Å². The molecule has 0 spiro atoms. The average Bonchev–Trinajstić information content (AvgIpc) is 2.92. The zero-order chi connectivity index (χ0) is 16.2. The summed E-state index contributed by atoms with van der Waals surface area (Å²) in [5.41, 5.74) is 1.21. The molecule has 0 amide bonds. The first-order valence-electron chi connectivity index (χ1n) is 5.97. The van der Waals surface area contributed by atoms with Crippen molar-refractivity contribution in [1.82, 2.24) is 4.57 Å². The molecular weight excluding hydrogens is 295 g/mol. The number of nitrogens with zero attached hydrogens (tertiary/aromatic N) is 3. The van der Waals surface area contributed by atoms with E-state index >= 15 is 0 Å². The lowest BCUT2D eigenvalue weighted by Crippen LogP contribution is -2.17. The number of hydrogen-bond donors (Lipinski definition) is 0. The Labute approximate surface area is 123 Å². The number of benzene rings is 1. The maximum atomic E-state index is 12.1. The zero-order valence-electron chi connectivity index (χ0n) is 11.0. The SMILES string of the molecule is N#CC(C#N)=Cc1ccn(-c2ccc(OC(F)(F)F)cc2)c1. The Morgan fingerprint density at radius 1 is 1.09 bits per heavy atom. The maximum Gasteiger partial charge on any atom is 0.573 e. The first kappa shape index (κ1) is 15.2. The number of alkyl halides is 3. The Hall–Kier alpha value is -3.19. The molecule has 2 aromatic rings. The van der Waals surface area contributed by atoms with Gasteiger partial charge in [-0.25, -0.2) is 0 Å². The molecule has 0 aliphatic heterocycles. The van der Waals surface area contributed by atoms with Crippen LogP contribution in [0.3, 0.4) is 0 Å². The third-order valence-electron chi connectivity index (χ3n) is 2.64. The Morgan fingerprint density at radius 3 is 2.27 bits per heavy atom. The highest BCUT2D eigenvalue weighted by molar-refractivity contribution is 5.62. The smallest absolute Gasteiger partial charge is 0.406 e. The van der Waals surface area contributed by atoms with Gasteiger partial charge in [-0.15, -0.1) is 13.2 Å². The summed E-state index contributed by atoms with van der Waals surface area (Å²) in [4.78, 5) is 0. The topological polar surface area (TPSA) is 61.7 Å². The van der Waals surface area contributed by atoms with Gasteiger partial charge in [-0.2, -0.15) is 10.5 Å². The highest BCUT2D eigenvalue weighted by Crippen LogP contribution is 2.24. The summed E-state index contributed by atoms with van der Waals surface area (Å²) in [5, 5.41) is 17.4. The van der Waals surface area contributed by atoms with E-state index in [4.69, 9.17) is 10.5 Å². The van der Waals surface area contributed by atoms with Gasteiger partial charge in [0, 0.05) is 18.1 Å². The van der Waals surface area contributed by atoms with Crippen molar-refractivity contribution in [3.63, 3.8) is 0 Å². The fraction of sp³-hybridized carbons (Fsp3) is 0.0667. The van der Waals surface area contributed by atoms with Gasteiger partial charge in [0.15, 0.2) is 0 Å². The van der Waals surface area contributed by atoms with Gasteiger partial charge in [-0.05, 0) is 42.0 Å². The molecular formula is C15H8F3N3O. The summed E-state index contributed by atoms with van der Waals surface area (Å²) >= 11 is 0. The molecule has 0 aliphatic carbocycles. The molecule has 1 aromatic heterocycles. The van der Waals surface area contributed by atoms with Crippen molar-refractivity contribution < 1.29 is 17.9 Å². The Morgan fingerprint density at radius 2 is 1.73 bits per heavy atom. The average molecular weight is 303 g/mol. The van der Waals surface area contributed by atoms with Crippen LogP contribution in [-0.4, -0.2) is 10.9 Å². The highest BCUT2D eigenvalue weighted by Gasteiger charge is 2.30. The van der Waals surface area contributed by atoms with Crippen LogP contribution in [0.15, 0.2) is 48.3 Å². The van der Waals surface area contributed by atoms with Crippen LogP contribution in [0.2, 0.25) is 0 Å². The van der Waals surface area contributed by atoms with E-state index in [1.807, 2.05) is 0 Å². The Kier molecular flexibility index (Phi) is 4.19. The van der Waals surface area contributed by atoms with E-state index in [9.17, 15) is 13.2 Å². The van der Waals surface area contributed by atoms with Gasteiger partial charge in [0.25, 0.3) is 0 Å². The van der Waals surface area contributed by atoms with E-state index in [0.29, 0.717) is 11.3 Å². The predicted molar refractivity (Wildman–Crippen MR) is 71.7 cm³/mol. The molecule has 0 saturated carbocycles. The van der Waals surface area contributed by atoms with E-state index in [1.54, 1.807) is 35.2 Å². The van der Waals surface area contributed by atoms with Crippen molar-refractivity contribution in [3.8, 4) is 23.6 Å². The molecule has 22 heavy (non-hydrogen) atoms. The second-order valence-corrected chi connectivity index (χ2v) is 4.18. The molecule has 7 heteroatoms. The maximum absolute atomic E-state index is 12.1. The lowest BCUT2D eigenvalue weighted by atomic mass is 10.2. The number of aromatic nitrogens is 1. The monoisotopic (exact) mass is 303 g/mol. The molecule has 110 valence electrons. The molecule has 0 radical (unpaired) electrons. The summed E-state index contributed by atoms with van der Waals surface area (Å²) < 4.78 is 41.6. The van der Waals surface area contributed by atoms with Crippen molar-refractivity contribution >= 4 is 6.08 Å². The fourth-order valence-electron chi connectivity index (χ4n) is 1.74. The lowest BCUT2D eigenvalue weighted by molar-refractivity contribution is -0.274. The molecule has 0 N–H and O–H groups in total. The van der Waals surface area contributed by atoms with Crippen molar-refractivity contribution in [2.24, 2.45) is 0 Å². The quantitative estimate of drug-likeness (QED) is 0.810. The first-order valence-corrected chi connectivity index (χ1v) is 5.97. The summed E-state index contributed by atoms with van der Waals surface area (Å²) in [6.07, 6.45) is 0.00167. The van der Waals surface area contributed by atoms with Gasteiger partial charge in [0.1, 0.15) is 23.5 Å². The summed E-state index contributed by atoms with van der Waals surface area (Å²) in [6.45, 7) is 0. The number of nitriles is 2. The van der Waals surface area contributed by atoms with Crippen LogP contribution in [0.4, 0.5) is 13.2 Å². The Bertz CT molecular complexity index is 758. The number of halogens is 3. The minimum Gasteiger partial charge on any atom is -0.406 e. The van der Waals surface area contributed by atoms with Crippen molar-refractivity contribution in [1.29, 1.82) is 10.5 Å². The fourth-order valence-corrected chi connectivity index (χ4v) is 1.74. The normalized spacial score (nSPS) is 10.4. The van der Waals surface area contributed by atoms with Gasteiger partial charge in [0.2, 0.25) is 0 Å². The third-order valence-corrected chi connectivity index (χ3v) is 2.64. The zero-order valence-corrected chi connectivity index (χ0v) is 11.0. The van der Waals surface area contributed by atoms with E-state index in [0.717, 1.165) is 0 Å². The minimum atomic E-state index is -4.72. The molecule has 0 saturated heterocycles. The largest absolute Gasteiger partial charge is 0.573 e. The minimum absolute atomic E-state index is 0.0355. The molecule has 4 nitrogen and oxygen atoms in total. The van der Waals surface area contributed by atoms with Crippen LogP contribution >= 0.6 is 0 Å². The predicted octanol–water partition coefficient (Wildman–Crippen LogP) is 3.81. The summed E-state index contributed by atoms with van der Waals surface area (Å²) in [7, 11) is 0.